The molecular weight excluding hydrogens is 362 g/mol. The zero-order chi connectivity index (χ0) is 20.2. The molecule has 0 saturated carbocycles. The molecule has 148 valence electrons. The molecule has 5 nitrogen and oxygen atoms in total. The van der Waals surface area contributed by atoms with Gasteiger partial charge in [0.05, 0.1) is 19.1 Å². The topological polar surface area (TPSA) is 64.6 Å². The summed E-state index contributed by atoms with van der Waals surface area (Å²) in [6.07, 6.45) is 0.637. The van der Waals surface area contributed by atoms with E-state index in [-0.39, 0.29) is 16.9 Å². The number of hydrogen-bond donors (Lipinski definition) is 1. The van der Waals surface area contributed by atoms with Crippen LogP contribution in [0.3, 0.4) is 0 Å². The molecule has 0 heterocycles. The lowest BCUT2D eigenvalue weighted by molar-refractivity contribution is 0.407. The highest BCUT2D eigenvalue weighted by Crippen LogP contribution is 2.30. The molecule has 0 unspecified atom stereocenters. The van der Waals surface area contributed by atoms with E-state index in [0.29, 0.717) is 12.2 Å². The van der Waals surface area contributed by atoms with Crippen molar-refractivity contribution in [3.8, 4) is 11.5 Å². The number of aryl methyl sites for hydroxylation is 1. The summed E-state index contributed by atoms with van der Waals surface area (Å²) >= 11 is 0. The first kappa shape index (κ1) is 21.3. The van der Waals surface area contributed by atoms with Gasteiger partial charge in [0.25, 0.3) is 0 Å². The molecule has 6 heteroatoms. The van der Waals surface area contributed by atoms with Crippen molar-refractivity contribution in [2.45, 2.75) is 51.0 Å². The van der Waals surface area contributed by atoms with Crippen LogP contribution in [0.25, 0.3) is 0 Å². The monoisotopic (exact) mass is 391 g/mol. The van der Waals surface area contributed by atoms with Crippen molar-refractivity contribution < 1.29 is 17.9 Å². The van der Waals surface area contributed by atoms with E-state index < -0.39 is 10.0 Å². The van der Waals surface area contributed by atoms with E-state index in [1.807, 2.05) is 45.9 Å². The molecule has 0 saturated heterocycles. The van der Waals surface area contributed by atoms with Gasteiger partial charge in [0.15, 0.2) is 0 Å². The largest absolute Gasteiger partial charge is 0.496 e. The number of sulfonamides is 1. The van der Waals surface area contributed by atoms with Crippen LogP contribution < -0.4 is 14.2 Å². The Morgan fingerprint density at radius 2 is 1.63 bits per heavy atom. The van der Waals surface area contributed by atoms with E-state index in [1.165, 1.54) is 0 Å². The second kappa shape index (κ2) is 8.76. The van der Waals surface area contributed by atoms with Crippen molar-refractivity contribution in [1.29, 1.82) is 0 Å². The first-order chi connectivity index (χ1) is 12.7. The third-order valence-corrected chi connectivity index (χ3v) is 6.13. The summed E-state index contributed by atoms with van der Waals surface area (Å²) in [5.41, 5.74) is 2.75. The Kier molecular flexibility index (Phi) is 6.89. The van der Waals surface area contributed by atoms with Crippen LogP contribution in [0.5, 0.6) is 11.5 Å². The van der Waals surface area contributed by atoms with E-state index in [9.17, 15) is 8.42 Å². The molecule has 27 heavy (non-hydrogen) atoms. The molecule has 0 aliphatic carbocycles. The van der Waals surface area contributed by atoms with Gasteiger partial charge in [-0.1, -0.05) is 32.9 Å². The zero-order valence-corrected chi connectivity index (χ0v) is 17.7. The molecule has 0 aliphatic heterocycles. The second-order valence-electron chi connectivity index (χ2n) is 6.87. The average molecular weight is 392 g/mol. The lowest BCUT2D eigenvalue weighted by atomic mass is 10.0. The van der Waals surface area contributed by atoms with Crippen LogP contribution in [0.4, 0.5) is 0 Å². The number of methoxy groups -OCH3 is 2. The summed E-state index contributed by atoms with van der Waals surface area (Å²) in [7, 11) is -0.453. The first-order valence-electron chi connectivity index (χ1n) is 9.08. The van der Waals surface area contributed by atoms with E-state index in [0.717, 1.165) is 22.4 Å². The van der Waals surface area contributed by atoms with Gasteiger partial charge in [-0.25, -0.2) is 13.1 Å². The molecule has 0 amide bonds. The molecule has 1 N–H and O–H groups in total. The second-order valence-corrected chi connectivity index (χ2v) is 8.58. The molecule has 0 bridgehead atoms. The molecule has 0 radical (unpaired) electrons. The smallest absolute Gasteiger partial charge is 0.241 e. The number of rotatable bonds is 8. The zero-order valence-electron chi connectivity index (χ0n) is 16.9. The maximum Gasteiger partial charge on any atom is 0.241 e. The minimum Gasteiger partial charge on any atom is -0.496 e. The third-order valence-electron chi connectivity index (χ3n) is 4.66. The summed E-state index contributed by atoms with van der Waals surface area (Å²) in [6.45, 7) is 7.93. The van der Waals surface area contributed by atoms with E-state index >= 15 is 0 Å². The van der Waals surface area contributed by atoms with Crippen LogP contribution >= 0.6 is 0 Å². The van der Waals surface area contributed by atoms with Gasteiger partial charge in [-0.15, -0.1) is 0 Å². The van der Waals surface area contributed by atoms with Gasteiger partial charge in [-0.2, -0.15) is 0 Å². The highest BCUT2D eigenvalue weighted by Gasteiger charge is 2.22. The summed E-state index contributed by atoms with van der Waals surface area (Å²) < 4.78 is 39.4. The number of benzene rings is 2. The van der Waals surface area contributed by atoms with Crippen molar-refractivity contribution in [3.63, 3.8) is 0 Å². The van der Waals surface area contributed by atoms with Crippen molar-refractivity contribution >= 4 is 10.0 Å². The first-order valence-corrected chi connectivity index (χ1v) is 10.6. The minimum absolute atomic E-state index is 0.154. The van der Waals surface area contributed by atoms with Gasteiger partial charge in [0, 0.05) is 6.04 Å². The van der Waals surface area contributed by atoms with Gasteiger partial charge < -0.3 is 9.47 Å². The summed E-state index contributed by atoms with van der Waals surface area (Å²) in [4.78, 5) is 0.246. The molecule has 2 aromatic carbocycles. The molecule has 0 spiro atoms. The van der Waals surface area contributed by atoms with Crippen molar-refractivity contribution in [3.05, 3.63) is 53.1 Å². The van der Waals surface area contributed by atoms with Crippen molar-refractivity contribution in [2.24, 2.45) is 0 Å². The van der Waals surface area contributed by atoms with Gasteiger partial charge in [-0.05, 0) is 60.2 Å². The molecule has 1 atom stereocenters. The fourth-order valence-electron chi connectivity index (χ4n) is 3.09. The number of hydrogen-bond acceptors (Lipinski definition) is 4. The Bertz CT molecular complexity index is 891. The summed E-state index contributed by atoms with van der Waals surface area (Å²) in [6, 6.07) is 10.4. The molecule has 2 aromatic rings. The van der Waals surface area contributed by atoms with E-state index in [2.05, 4.69) is 4.72 Å². The van der Waals surface area contributed by atoms with E-state index in [1.54, 1.807) is 32.4 Å². The normalized spacial score (nSPS) is 12.9. The van der Waals surface area contributed by atoms with Crippen LogP contribution in [0, 0.1) is 6.92 Å². The lowest BCUT2D eigenvalue weighted by Crippen LogP contribution is -2.28. The van der Waals surface area contributed by atoms with Crippen molar-refractivity contribution in [2.75, 3.05) is 14.2 Å². The maximum absolute atomic E-state index is 13.0. The highest BCUT2D eigenvalue weighted by molar-refractivity contribution is 7.89. The quantitative estimate of drug-likeness (QED) is 0.716. The highest BCUT2D eigenvalue weighted by atomic mass is 32.2. The lowest BCUT2D eigenvalue weighted by Gasteiger charge is -2.20. The molecule has 0 aromatic heterocycles. The Labute approximate surface area is 162 Å². The third kappa shape index (κ3) is 4.82. The predicted molar refractivity (Wildman–Crippen MR) is 108 cm³/mol. The Balaban J connectivity index is 2.36. The fourth-order valence-corrected chi connectivity index (χ4v) is 4.43. The van der Waals surface area contributed by atoms with Crippen molar-refractivity contribution in [1.82, 2.24) is 4.72 Å². The van der Waals surface area contributed by atoms with Crippen LogP contribution in [0.1, 0.15) is 55.8 Å². The van der Waals surface area contributed by atoms with Gasteiger partial charge in [0.1, 0.15) is 11.5 Å². The minimum atomic E-state index is -3.67. The average Bonchev–Trinajstić information content (AvgIpc) is 2.65. The van der Waals surface area contributed by atoms with Crippen LogP contribution in [0.15, 0.2) is 41.3 Å². The Hall–Kier alpha value is -2.05. The van der Waals surface area contributed by atoms with Crippen LogP contribution in [-0.2, 0) is 10.0 Å². The van der Waals surface area contributed by atoms with Crippen LogP contribution in [0.2, 0.25) is 0 Å². The number of nitrogens with one attached hydrogen (secondary N) is 1. The molecule has 0 fully saturated rings. The fraction of sp³-hybridized carbons (Fsp3) is 0.429. The molecule has 0 aliphatic rings. The van der Waals surface area contributed by atoms with Gasteiger partial charge in [0.2, 0.25) is 10.0 Å². The maximum atomic E-state index is 13.0. The van der Waals surface area contributed by atoms with Crippen LogP contribution in [-0.4, -0.2) is 22.6 Å². The van der Waals surface area contributed by atoms with Gasteiger partial charge >= 0.3 is 0 Å². The Morgan fingerprint density at radius 1 is 1.00 bits per heavy atom. The SMILES string of the molecule is CC[C@H](NS(=O)(=O)c1ccc(OC)c(C(C)C)c1)c1ccc(OC)c(C)c1. The predicted octanol–water partition coefficient (Wildman–Crippen LogP) is 4.57. The molecule has 2 rings (SSSR count). The summed E-state index contributed by atoms with van der Waals surface area (Å²) in [5.74, 6) is 1.64. The summed E-state index contributed by atoms with van der Waals surface area (Å²) in [5, 5.41) is 0. The number of ether oxygens (including phenoxy) is 2. The molecular formula is C21H29NO4S. The van der Waals surface area contributed by atoms with E-state index in [4.69, 9.17) is 9.47 Å². The Morgan fingerprint density at radius 3 is 2.15 bits per heavy atom. The standard InChI is InChI=1S/C21H29NO4S/c1-7-19(16-8-10-20(25-5)15(4)12-16)22-27(23,24)17-9-11-21(26-6)18(13-17)14(2)3/h8-14,19,22H,7H2,1-6H3/t19-/m0/s1. The van der Waals surface area contributed by atoms with Gasteiger partial charge in [-0.3, -0.25) is 0 Å².